The normalized spacial score (nSPS) is 10.9. The standard InChI is InChI=1S/C20H30N4O3S.HI/c1-7-21-20(24(4)12-16-13-28-14(3)23-16)22-11-15-9-17(25-5)19(27-8-2)18(10-15)26-6;/h9-10,13H,7-8,11-12H2,1-6H3,(H,21,22);1H. The largest absolute Gasteiger partial charge is 0.493 e. The molecule has 0 bridgehead atoms. The summed E-state index contributed by atoms with van der Waals surface area (Å²) in [4.78, 5) is 11.4. The third kappa shape index (κ3) is 7.22. The quantitative estimate of drug-likeness (QED) is 0.297. The minimum absolute atomic E-state index is 0. The zero-order chi connectivity index (χ0) is 20.5. The van der Waals surface area contributed by atoms with Crippen LogP contribution in [-0.4, -0.2) is 50.3 Å². The summed E-state index contributed by atoms with van der Waals surface area (Å²) >= 11 is 1.66. The van der Waals surface area contributed by atoms with Gasteiger partial charge in [-0.25, -0.2) is 9.98 Å². The highest BCUT2D eigenvalue weighted by Crippen LogP contribution is 2.38. The molecule has 0 unspecified atom stereocenters. The number of methoxy groups -OCH3 is 2. The van der Waals surface area contributed by atoms with Crippen molar-refractivity contribution in [2.75, 3.05) is 34.4 Å². The first-order valence-corrected chi connectivity index (χ1v) is 10.2. The van der Waals surface area contributed by atoms with Crippen LogP contribution >= 0.6 is 35.3 Å². The Morgan fingerprint density at radius 3 is 2.34 bits per heavy atom. The third-order valence-electron chi connectivity index (χ3n) is 3.98. The maximum Gasteiger partial charge on any atom is 0.203 e. The highest BCUT2D eigenvalue weighted by atomic mass is 127. The average molecular weight is 534 g/mol. The molecule has 0 saturated heterocycles. The van der Waals surface area contributed by atoms with Crippen molar-refractivity contribution in [1.82, 2.24) is 15.2 Å². The summed E-state index contributed by atoms with van der Waals surface area (Å²) in [5, 5.41) is 6.48. The number of aromatic nitrogens is 1. The van der Waals surface area contributed by atoms with Crippen molar-refractivity contribution >= 4 is 41.3 Å². The van der Waals surface area contributed by atoms with E-state index in [1.54, 1.807) is 25.6 Å². The Bertz CT molecular complexity index is 773. The van der Waals surface area contributed by atoms with Gasteiger partial charge in [0, 0.05) is 19.0 Å². The predicted octanol–water partition coefficient (Wildman–Crippen LogP) is 4.08. The molecule has 0 saturated carbocycles. The molecule has 0 aliphatic carbocycles. The van der Waals surface area contributed by atoms with Crippen LogP contribution in [0, 0.1) is 6.92 Å². The summed E-state index contributed by atoms with van der Waals surface area (Å²) in [5.41, 5.74) is 2.02. The second-order valence-corrected chi connectivity index (χ2v) is 7.21. The number of aryl methyl sites for hydroxylation is 1. The molecule has 0 fully saturated rings. The summed E-state index contributed by atoms with van der Waals surface area (Å²) in [6, 6.07) is 3.87. The highest BCUT2D eigenvalue weighted by molar-refractivity contribution is 14.0. The minimum Gasteiger partial charge on any atom is -0.493 e. The molecule has 0 aliphatic rings. The second-order valence-electron chi connectivity index (χ2n) is 6.15. The lowest BCUT2D eigenvalue weighted by Gasteiger charge is -2.21. The van der Waals surface area contributed by atoms with Crippen LogP contribution in [-0.2, 0) is 13.1 Å². The Balaban J connectivity index is 0.00000420. The molecule has 2 rings (SSSR count). The molecule has 0 atom stereocenters. The van der Waals surface area contributed by atoms with Crippen LogP contribution in [0.4, 0.5) is 0 Å². The van der Waals surface area contributed by atoms with E-state index in [-0.39, 0.29) is 24.0 Å². The molecule has 162 valence electrons. The number of hydrogen-bond donors (Lipinski definition) is 1. The summed E-state index contributed by atoms with van der Waals surface area (Å²) in [6.07, 6.45) is 0. The molecular weight excluding hydrogens is 503 g/mol. The van der Waals surface area contributed by atoms with E-state index in [1.807, 2.05) is 33.0 Å². The first kappa shape index (κ1) is 25.3. The van der Waals surface area contributed by atoms with Gasteiger partial charge in [-0.3, -0.25) is 0 Å². The fourth-order valence-corrected chi connectivity index (χ4v) is 3.35. The SMILES string of the molecule is CCNC(=NCc1cc(OC)c(OCC)c(OC)c1)N(C)Cc1csc(C)n1.I. The Hall–Kier alpha value is -1.75. The molecule has 2 aromatic rings. The number of nitrogens with zero attached hydrogens (tertiary/aromatic N) is 3. The number of hydrogen-bond acceptors (Lipinski definition) is 6. The molecule has 1 N–H and O–H groups in total. The van der Waals surface area contributed by atoms with Gasteiger partial charge in [0.25, 0.3) is 0 Å². The van der Waals surface area contributed by atoms with Crippen molar-refractivity contribution in [2.45, 2.75) is 33.9 Å². The van der Waals surface area contributed by atoms with Crippen molar-refractivity contribution in [2.24, 2.45) is 4.99 Å². The van der Waals surface area contributed by atoms with E-state index in [9.17, 15) is 0 Å². The lowest BCUT2D eigenvalue weighted by Crippen LogP contribution is -2.38. The fourth-order valence-electron chi connectivity index (χ4n) is 2.75. The molecule has 1 aromatic heterocycles. The lowest BCUT2D eigenvalue weighted by molar-refractivity contribution is 0.288. The molecule has 1 heterocycles. The number of aliphatic imine (C=N–C) groups is 1. The smallest absolute Gasteiger partial charge is 0.203 e. The van der Waals surface area contributed by atoms with Gasteiger partial charge in [0.1, 0.15) is 0 Å². The number of guanidine groups is 1. The molecule has 9 heteroatoms. The fraction of sp³-hybridized carbons (Fsp3) is 0.500. The molecular formula is C20H31IN4O3S. The summed E-state index contributed by atoms with van der Waals surface area (Å²) in [7, 11) is 5.26. The number of nitrogens with one attached hydrogen (secondary N) is 1. The Kier molecular flexibility index (Phi) is 11.1. The molecule has 7 nitrogen and oxygen atoms in total. The third-order valence-corrected chi connectivity index (χ3v) is 4.80. The number of ether oxygens (including phenoxy) is 3. The average Bonchev–Trinajstić information content (AvgIpc) is 3.10. The maximum atomic E-state index is 5.66. The van der Waals surface area contributed by atoms with Gasteiger partial charge in [-0.15, -0.1) is 35.3 Å². The zero-order valence-electron chi connectivity index (χ0n) is 17.9. The van der Waals surface area contributed by atoms with Crippen LogP contribution in [0.5, 0.6) is 17.2 Å². The van der Waals surface area contributed by atoms with E-state index in [0.29, 0.717) is 36.9 Å². The van der Waals surface area contributed by atoms with E-state index in [2.05, 4.69) is 27.5 Å². The Labute approximate surface area is 194 Å². The predicted molar refractivity (Wildman–Crippen MR) is 129 cm³/mol. The van der Waals surface area contributed by atoms with Gasteiger partial charge < -0.3 is 24.4 Å². The summed E-state index contributed by atoms with van der Waals surface area (Å²) < 4.78 is 16.6. The van der Waals surface area contributed by atoms with Gasteiger partial charge in [0.2, 0.25) is 5.75 Å². The van der Waals surface area contributed by atoms with Gasteiger partial charge in [-0.1, -0.05) is 0 Å². The molecule has 0 amide bonds. The number of benzene rings is 1. The monoisotopic (exact) mass is 534 g/mol. The van der Waals surface area contributed by atoms with Gasteiger partial charge in [-0.2, -0.15) is 0 Å². The van der Waals surface area contributed by atoms with Crippen LogP contribution in [0.3, 0.4) is 0 Å². The number of rotatable bonds is 9. The van der Waals surface area contributed by atoms with Crippen molar-refractivity contribution in [3.05, 3.63) is 33.8 Å². The maximum absolute atomic E-state index is 5.66. The molecule has 0 spiro atoms. The highest BCUT2D eigenvalue weighted by Gasteiger charge is 2.14. The summed E-state index contributed by atoms with van der Waals surface area (Å²) in [5.74, 6) is 2.72. The minimum atomic E-state index is 0. The second kappa shape index (κ2) is 12.7. The molecule has 0 radical (unpaired) electrons. The van der Waals surface area contributed by atoms with E-state index in [1.165, 1.54) is 0 Å². The van der Waals surface area contributed by atoms with Crippen LogP contribution in [0.25, 0.3) is 0 Å². The van der Waals surface area contributed by atoms with Crippen LogP contribution in [0.1, 0.15) is 30.1 Å². The van der Waals surface area contributed by atoms with Gasteiger partial charge >= 0.3 is 0 Å². The van der Waals surface area contributed by atoms with Crippen molar-refractivity contribution in [3.63, 3.8) is 0 Å². The van der Waals surface area contributed by atoms with E-state index >= 15 is 0 Å². The van der Waals surface area contributed by atoms with Crippen molar-refractivity contribution in [3.8, 4) is 17.2 Å². The van der Waals surface area contributed by atoms with Gasteiger partial charge in [0.05, 0.1) is 44.6 Å². The molecule has 0 aliphatic heterocycles. The topological polar surface area (TPSA) is 68.2 Å². The zero-order valence-corrected chi connectivity index (χ0v) is 21.1. The number of thiazole rings is 1. The van der Waals surface area contributed by atoms with Crippen LogP contribution < -0.4 is 19.5 Å². The van der Waals surface area contributed by atoms with E-state index in [4.69, 9.17) is 19.2 Å². The first-order chi connectivity index (χ1) is 13.5. The van der Waals surface area contributed by atoms with E-state index in [0.717, 1.165) is 28.8 Å². The van der Waals surface area contributed by atoms with Crippen LogP contribution in [0.2, 0.25) is 0 Å². The Morgan fingerprint density at radius 1 is 1.21 bits per heavy atom. The molecule has 29 heavy (non-hydrogen) atoms. The van der Waals surface area contributed by atoms with Crippen LogP contribution in [0.15, 0.2) is 22.5 Å². The lowest BCUT2D eigenvalue weighted by atomic mass is 10.2. The molecule has 1 aromatic carbocycles. The number of halogens is 1. The van der Waals surface area contributed by atoms with Gasteiger partial charge in [0.15, 0.2) is 17.5 Å². The summed E-state index contributed by atoms with van der Waals surface area (Å²) in [6.45, 7) is 8.51. The van der Waals surface area contributed by atoms with E-state index < -0.39 is 0 Å². The van der Waals surface area contributed by atoms with Crippen molar-refractivity contribution < 1.29 is 14.2 Å². The van der Waals surface area contributed by atoms with Crippen molar-refractivity contribution in [1.29, 1.82) is 0 Å². The van der Waals surface area contributed by atoms with Gasteiger partial charge in [-0.05, 0) is 38.5 Å². The first-order valence-electron chi connectivity index (χ1n) is 9.30. The Morgan fingerprint density at radius 2 is 1.86 bits per heavy atom.